The third kappa shape index (κ3) is 4.68. The summed E-state index contributed by atoms with van der Waals surface area (Å²) >= 11 is 3.28. The summed E-state index contributed by atoms with van der Waals surface area (Å²) in [6.07, 6.45) is 2.66. The van der Waals surface area contributed by atoms with E-state index in [4.69, 9.17) is 10.4 Å². The molecule has 1 rings (SSSR count). The van der Waals surface area contributed by atoms with E-state index >= 15 is 0 Å². The predicted molar refractivity (Wildman–Crippen MR) is 74.8 cm³/mol. The molecule has 0 radical (unpaired) electrons. The highest BCUT2D eigenvalue weighted by atomic mass is 79.9. The number of hydrogen-bond donors (Lipinski definition) is 1. The highest BCUT2D eigenvalue weighted by Crippen LogP contribution is 2.26. The minimum absolute atomic E-state index is 0.0535. The van der Waals surface area contributed by atoms with Crippen LogP contribution in [0.5, 0.6) is 0 Å². The highest BCUT2D eigenvalue weighted by molar-refractivity contribution is 9.09. The van der Waals surface area contributed by atoms with Crippen LogP contribution in [0.1, 0.15) is 28.4 Å². The third-order valence-corrected chi connectivity index (χ3v) is 3.56. The quantitative estimate of drug-likeness (QED) is 0.668. The number of hydrogen-bond acceptors (Lipinski definition) is 3. The molecule has 0 aliphatic rings. The van der Waals surface area contributed by atoms with Crippen LogP contribution in [-0.4, -0.2) is 16.9 Å². The summed E-state index contributed by atoms with van der Waals surface area (Å²) in [5.74, 6) is -1.10. The number of rotatable bonds is 5. The average Bonchev–Trinajstić information content (AvgIpc) is 2.35. The van der Waals surface area contributed by atoms with E-state index in [0.29, 0.717) is 11.1 Å². The molecule has 19 heavy (non-hydrogen) atoms. The molecule has 0 heterocycles. The Morgan fingerprint density at radius 2 is 2.16 bits per heavy atom. The molecule has 0 saturated carbocycles. The summed E-state index contributed by atoms with van der Waals surface area (Å²) in [5.41, 5.74) is 2.11. The lowest BCUT2D eigenvalue weighted by Gasteiger charge is -2.09. The minimum Gasteiger partial charge on any atom is -0.478 e. The average molecular weight is 322 g/mol. The van der Waals surface area contributed by atoms with Gasteiger partial charge in [0.2, 0.25) is 0 Å². The normalized spacial score (nSPS) is 12.1. The number of nitriles is 1. The van der Waals surface area contributed by atoms with Crippen molar-refractivity contribution in [1.82, 2.24) is 0 Å². The van der Waals surface area contributed by atoms with Gasteiger partial charge in [-0.05, 0) is 29.7 Å². The number of Topliss-reactive ketones (excluding diaryl/α,β-unsaturated/α-hetero) is 1. The van der Waals surface area contributed by atoms with Gasteiger partial charge in [0.1, 0.15) is 5.78 Å². The first-order chi connectivity index (χ1) is 8.93. The minimum atomic E-state index is -1.05. The molecule has 1 unspecified atom stereocenters. The molecule has 0 amide bonds. The molecule has 98 valence electrons. The van der Waals surface area contributed by atoms with Crippen LogP contribution in [0.15, 0.2) is 24.3 Å². The first kappa shape index (κ1) is 15.1. The lowest BCUT2D eigenvalue weighted by molar-refractivity contribution is -0.131. The van der Waals surface area contributed by atoms with Crippen LogP contribution in [0.25, 0.3) is 6.08 Å². The molecule has 0 aliphatic heterocycles. The highest BCUT2D eigenvalue weighted by Gasteiger charge is 2.13. The second-order valence-electron chi connectivity index (χ2n) is 3.99. The van der Waals surface area contributed by atoms with Crippen LogP contribution in [0.4, 0.5) is 0 Å². The number of ketones is 1. The molecule has 0 aliphatic carbocycles. The number of nitrogens with zero attached hydrogens (tertiary/aromatic N) is 1. The van der Waals surface area contributed by atoms with E-state index in [9.17, 15) is 9.59 Å². The zero-order chi connectivity index (χ0) is 14.4. The fourth-order valence-corrected chi connectivity index (χ4v) is 1.85. The molecular weight excluding hydrogens is 310 g/mol. The molecule has 0 spiro atoms. The lowest BCUT2D eigenvalue weighted by Crippen LogP contribution is -2.02. The molecule has 1 aromatic rings. The fourth-order valence-electron chi connectivity index (χ4n) is 1.58. The molecule has 1 atom stereocenters. The number of carboxylic acids is 1. The molecule has 0 bridgehead atoms. The number of aliphatic carboxylic acids is 1. The van der Waals surface area contributed by atoms with E-state index in [2.05, 4.69) is 15.9 Å². The maximum atomic E-state index is 11.4. The Kier molecular flexibility index (Phi) is 5.46. The van der Waals surface area contributed by atoms with E-state index < -0.39 is 10.8 Å². The van der Waals surface area contributed by atoms with Gasteiger partial charge in [0.05, 0.1) is 17.3 Å². The Morgan fingerprint density at radius 3 is 2.68 bits per heavy atom. The summed E-state index contributed by atoms with van der Waals surface area (Å²) in [7, 11) is 0. The van der Waals surface area contributed by atoms with Gasteiger partial charge in [-0.15, -0.1) is 0 Å². The van der Waals surface area contributed by atoms with E-state index in [1.807, 2.05) is 6.07 Å². The Balaban J connectivity index is 3.21. The summed E-state index contributed by atoms with van der Waals surface area (Å²) < 4.78 is 0. The molecule has 5 heteroatoms. The van der Waals surface area contributed by atoms with Crippen molar-refractivity contribution in [2.45, 2.75) is 18.2 Å². The number of carboxylic acid groups (broad SMARTS) is 1. The molecule has 0 aromatic heterocycles. The van der Waals surface area contributed by atoms with E-state index in [1.165, 1.54) is 13.0 Å². The molecule has 0 saturated heterocycles. The van der Waals surface area contributed by atoms with Gasteiger partial charge < -0.3 is 5.11 Å². The largest absolute Gasteiger partial charge is 0.478 e. The monoisotopic (exact) mass is 321 g/mol. The number of benzene rings is 1. The molecular formula is C14H12BrNO3. The van der Waals surface area contributed by atoms with Gasteiger partial charge in [-0.1, -0.05) is 34.1 Å². The van der Waals surface area contributed by atoms with Crippen molar-refractivity contribution in [3.8, 4) is 6.07 Å². The van der Waals surface area contributed by atoms with Crippen LogP contribution in [0, 0.1) is 11.3 Å². The van der Waals surface area contributed by atoms with Gasteiger partial charge in [0.15, 0.2) is 0 Å². The lowest BCUT2D eigenvalue weighted by atomic mass is 10.0. The van der Waals surface area contributed by atoms with Gasteiger partial charge >= 0.3 is 5.97 Å². The van der Waals surface area contributed by atoms with Gasteiger partial charge in [-0.25, -0.2) is 4.79 Å². The standard InChI is InChI=1S/C14H12BrNO3/c1-9(17)14(15)12-7-10(2-3-13(18)19)6-11(8-12)4-5-16/h2-3,6-8,14H,4H2,1H3,(H,18,19)/b3-2+. The Morgan fingerprint density at radius 1 is 1.47 bits per heavy atom. The summed E-state index contributed by atoms with van der Waals surface area (Å²) in [6, 6.07) is 7.25. The molecule has 1 N–H and O–H groups in total. The van der Waals surface area contributed by atoms with Gasteiger partial charge in [0.25, 0.3) is 0 Å². The van der Waals surface area contributed by atoms with Gasteiger partial charge in [-0.3, -0.25) is 4.79 Å². The summed E-state index contributed by atoms with van der Waals surface area (Å²) in [5, 5.41) is 17.3. The molecule has 0 fully saturated rings. The Labute approximate surface area is 119 Å². The first-order valence-electron chi connectivity index (χ1n) is 5.50. The van der Waals surface area contributed by atoms with Crippen molar-refractivity contribution < 1.29 is 14.7 Å². The number of carbonyl (C=O) groups is 2. The third-order valence-electron chi connectivity index (χ3n) is 2.39. The van der Waals surface area contributed by atoms with Gasteiger partial charge in [0, 0.05) is 6.08 Å². The SMILES string of the molecule is CC(=O)C(Br)c1cc(/C=C/C(=O)O)cc(CC#N)c1. The maximum Gasteiger partial charge on any atom is 0.328 e. The van der Waals surface area contributed by atoms with Crippen molar-refractivity contribution >= 4 is 33.8 Å². The van der Waals surface area contributed by atoms with E-state index in [-0.39, 0.29) is 12.2 Å². The molecule has 1 aromatic carbocycles. The first-order valence-corrected chi connectivity index (χ1v) is 6.42. The number of carbonyl (C=O) groups excluding carboxylic acids is 1. The van der Waals surface area contributed by atoms with E-state index in [1.54, 1.807) is 18.2 Å². The second-order valence-corrected chi connectivity index (χ2v) is 4.90. The Hall–Kier alpha value is -1.93. The van der Waals surface area contributed by atoms with Crippen LogP contribution in [0.3, 0.4) is 0 Å². The Bertz CT molecular complexity index is 573. The number of alkyl halides is 1. The zero-order valence-electron chi connectivity index (χ0n) is 10.3. The van der Waals surface area contributed by atoms with Crippen LogP contribution >= 0.6 is 15.9 Å². The van der Waals surface area contributed by atoms with Gasteiger partial charge in [-0.2, -0.15) is 5.26 Å². The van der Waals surface area contributed by atoms with Crippen LogP contribution < -0.4 is 0 Å². The van der Waals surface area contributed by atoms with Crippen molar-refractivity contribution in [3.05, 3.63) is 41.0 Å². The van der Waals surface area contributed by atoms with Crippen molar-refractivity contribution in [3.63, 3.8) is 0 Å². The maximum absolute atomic E-state index is 11.4. The zero-order valence-corrected chi connectivity index (χ0v) is 11.8. The fraction of sp³-hybridized carbons (Fsp3) is 0.214. The predicted octanol–water partition coefficient (Wildman–Crippen LogP) is 2.88. The number of halogens is 1. The van der Waals surface area contributed by atoms with Crippen LogP contribution in [-0.2, 0) is 16.0 Å². The van der Waals surface area contributed by atoms with Crippen molar-refractivity contribution in [1.29, 1.82) is 5.26 Å². The summed E-state index contributed by atoms with van der Waals surface area (Å²) in [6.45, 7) is 1.46. The topological polar surface area (TPSA) is 78.2 Å². The van der Waals surface area contributed by atoms with Crippen molar-refractivity contribution in [2.75, 3.05) is 0 Å². The second kappa shape index (κ2) is 6.86. The molecule has 4 nitrogen and oxygen atoms in total. The smallest absolute Gasteiger partial charge is 0.328 e. The summed E-state index contributed by atoms with van der Waals surface area (Å²) in [4.78, 5) is 21.4. The van der Waals surface area contributed by atoms with Crippen LogP contribution in [0.2, 0.25) is 0 Å². The van der Waals surface area contributed by atoms with E-state index in [0.717, 1.165) is 11.6 Å². The van der Waals surface area contributed by atoms with Crippen molar-refractivity contribution in [2.24, 2.45) is 0 Å².